The Morgan fingerprint density at radius 3 is 2.26 bits per heavy atom. The molecule has 1 heterocycles. The quantitative estimate of drug-likeness (QED) is 0.813. The van der Waals surface area contributed by atoms with Crippen molar-refractivity contribution in [3.05, 3.63) is 29.3 Å². The molecule has 1 aliphatic rings. The number of aryl methyl sites for hydroxylation is 2. The van der Waals surface area contributed by atoms with Gasteiger partial charge in [0.15, 0.2) is 0 Å². The van der Waals surface area contributed by atoms with Gasteiger partial charge in [-0.1, -0.05) is 31.5 Å². The molecule has 2 N–H and O–H groups in total. The van der Waals surface area contributed by atoms with Gasteiger partial charge in [-0.2, -0.15) is 13.2 Å². The number of nitrogens with zero attached hydrogens (tertiary/aromatic N) is 1. The molecule has 0 aliphatic carbocycles. The molecule has 0 bridgehead atoms. The van der Waals surface area contributed by atoms with Gasteiger partial charge in [0.1, 0.15) is 0 Å². The van der Waals surface area contributed by atoms with Crippen molar-refractivity contribution in [2.45, 2.75) is 58.7 Å². The molecule has 0 spiro atoms. The molecule has 1 amide bonds. The number of carbonyl (C=O) groups is 2. The molecular weight excluding hydrogens is 361 g/mol. The molecule has 8 heteroatoms. The lowest BCUT2D eigenvalue weighted by Crippen LogP contribution is -2.47. The lowest BCUT2D eigenvalue weighted by Gasteiger charge is -2.34. The van der Waals surface area contributed by atoms with Crippen LogP contribution in [0.3, 0.4) is 0 Å². The highest BCUT2D eigenvalue weighted by Gasteiger charge is 2.38. The maximum Gasteiger partial charge on any atom is 0.490 e. The normalized spacial score (nSPS) is 17.6. The number of carboxylic acid groups (broad SMARTS) is 1. The van der Waals surface area contributed by atoms with E-state index in [1.54, 1.807) is 0 Å². The summed E-state index contributed by atoms with van der Waals surface area (Å²) in [4.78, 5) is 23.8. The number of amides is 1. The van der Waals surface area contributed by atoms with Crippen LogP contribution in [0, 0.1) is 13.8 Å². The van der Waals surface area contributed by atoms with Gasteiger partial charge in [-0.25, -0.2) is 4.79 Å². The first-order chi connectivity index (χ1) is 12.6. The predicted molar refractivity (Wildman–Crippen MR) is 97.7 cm³/mol. The molecule has 1 atom stereocenters. The number of hydrogen-bond acceptors (Lipinski definition) is 3. The first-order valence-corrected chi connectivity index (χ1v) is 8.99. The monoisotopic (exact) mass is 388 g/mol. The van der Waals surface area contributed by atoms with Gasteiger partial charge in [0.25, 0.3) is 0 Å². The number of para-hydroxylation sites is 1. The van der Waals surface area contributed by atoms with Crippen molar-refractivity contribution in [3.63, 3.8) is 0 Å². The molecule has 27 heavy (non-hydrogen) atoms. The fraction of sp³-hybridized carbons (Fsp3) is 0.579. The number of rotatable bonds is 4. The third-order valence-corrected chi connectivity index (χ3v) is 4.40. The van der Waals surface area contributed by atoms with Crippen LogP contribution in [0.1, 0.15) is 43.7 Å². The van der Waals surface area contributed by atoms with Crippen LogP contribution in [0.25, 0.3) is 0 Å². The molecule has 0 aromatic heterocycles. The van der Waals surface area contributed by atoms with Crippen molar-refractivity contribution in [2.75, 3.05) is 18.4 Å². The lowest BCUT2D eigenvalue weighted by molar-refractivity contribution is -0.192. The smallest absolute Gasteiger partial charge is 0.475 e. The number of hydrogen-bond donors (Lipinski definition) is 2. The highest BCUT2D eigenvalue weighted by molar-refractivity contribution is 5.96. The molecule has 0 radical (unpaired) electrons. The van der Waals surface area contributed by atoms with Gasteiger partial charge in [-0.15, -0.1) is 0 Å². The number of carboxylic acids is 1. The van der Waals surface area contributed by atoms with Gasteiger partial charge < -0.3 is 10.4 Å². The summed E-state index contributed by atoms with van der Waals surface area (Å²) in [7, 11) is 0. The molecule has 1 aromatic carbocycles. The Kier molecular flexibility index (Phi) is 8.75. The molecular formula is C19H27F3N2O3. The number of carbonyl (C=O) groups excluding carboxylic acids is 1. The molecule has 0 saturated carbocycles. The van der Waals surface area contributed by atoms with Crippen LogP contribution in [0.15, 0.2) is 18.2 Å². The summed E-state index contributed by atoms with van der Waals surface area (Å²) in [5.74, 6) is -2.59. The van der Waals surface area contributed by atoms with Gasteiger partial charge in [0, 0.05) is 5.69 Å². The first kappa shape index (κ1) is 23.0. The number of aliphatic carboxylic acids is 1. The highest BCUT2D eigenvalue weighted by Crippen LogP contribution is 2.23. The van der Waals surface area contributed by atoms with Crippen LogP contribution in [-0.4, -0.2) is 47.2 Å². The van der Waals surface area contributed by atoms with E-state index in [1.165, 1.54) is 6.42 Å². The molecule has 1 saturated heterocycles. The van der Waals surface area contributed by atoms with Crippen molar-refractivity contribution in [3.8, 4) is 0 Å². The largest absolute Gasteiger partial charge is 0.490 e. The number of likely N-dealkylation sites (tertiary alicyclic amines) is 1. The Morgan fingerprint density at radius 1 is 1.22 bits per heavy atom. The third-order valence-electron chi connectivity index (χ3n) is 4.40. The predicted octanol–water partition coefficient (Wildman–Crippen LogP) is 4.14. The van der Waals surface area contributed by atoms with Crippen LogP contribution in [0.4, 0.5) is 18.9 Å². The Hall–Kier alpha value is -2.09. The van der Waals surface area contributed by atoms with Crippen molar-refractivity contribution in [1.29, 1.82) is 0 Å². The van der Waals surface area contributed by atoms with Crippen molar-refractivity contribution < 1.29 is 27.9 Å². The molecule has 1 fully saturated rings. The molecule has 152 valence electrons. The zero-order valence-corrected chi connectivity index (χ0v) is 15.9. The van der Waals surface area contributed by atoms with Crippen molar-refractivity contribution in [2.24, 2.45) is 0 Å². The van der Waals surface area contributed by atoms with E-state index in [9.17, 15) is 18.0 Å². The maximum absolute atomic E-state index is 12.6. The fourth-order valence-electron chi connectivity index (χ4n) is 3.06. The molecule has 1 aliphatic heterocycles. The fourth-order valence-corrected chi connectivity index (χ4v) is 3.06. The van der Waals surface area contributed by atoms with Crippen LogP contribution in [-0.2, 0) is 9.59 Å². The van der Waals surface area contributed by atoms with E-state index in [0.29, 0.717) is 0 Å². The first-order valence-electron chi connectivity index (χ1n) is 8.99. The van der Waals surface area contributed by atoms with E-state index in [4.69, 9.17) is 9.90 Å². The van der Waals surface area contributed by atoms with Crippen LogP contribution in [0.5, 0.6) is 0 Å². The summed E-state index contributed by atoms with van der Waals surface area (Å²) in [5.41, 5.74) is 3.26. The van der Waals surface area contributed by atoms with E-state index in [0.717, 1.165) is 49.2 Å². The number of nitrogens with one attached hydrogen (secondary N) is 1. The Labute approximate surface area is 157 Å². The van der Waals surface area contributed by atoms with Gasteiger partial charge in [0.2, 0.25) is 5.91 Å². The SMILES string of the molecule is CCCN1CCCC[C@H]1C(=O)Nc1c(C)cccc1C.O=C(O)C(F)(F)F. The van der Waals surface area contributed by atoms with Gasteiger partial charge in [-0.3, -0.25) is 9.69 Å². The summed E-state index contributed by atoms with van der Waals surface area (Å²) >= 11 is 0. The Bertz CT molecular complexity index is 625. The average Bonchev–Trinajstić information content (AvgIpc) is 2.58. The Morgan fingerprint density at radius 2 is 1.78 bits per heavy atom. The van der Waals surface area contributed by atoms with Crippen LogP contribution < -0.4 is 5.32 Å². The standard InChI is InChI=1S/C17H26N2O.C2HF3O2/c1-4-11-19-12-6-5-10-15(19)17(20)18-16-13(2)8-7-9-14(16)3;3-2(4,5)1(6)7/h7-9,15H,4-6,10-12H2,1-3H3,(H,18,20);(H,6,7)/t15-;/m0./s1. The summed E-state index contributed by atoms with van der Waals surface area (Å²) < 4.78 is 31.7. The van der Waals surface area contributed by atoms with Gasteiger partial charge in [-0.05, 0) is 57.3 Å². The van der Waals surface area contributed by atoms with Crippen LogP contribution >= 0.6 is 0 Å². The summed E-state index contributed by atoms with van der Waals surface area (Å²) in [6.07, 6.45) is -0.623. The maximum atomic E-state index is 12.6. The molecule has 2 rings (SSSR count). The van der Waals surface area contributed by atoms with Crippen LogP contribution in [0.2, 0.25) is 0 Å². The molecule has 0 unspecified atom stereocenters. The highest BCUT2D eigenvalue weighted by atomic mass is 19.4. The number of benzene rings is 1. The van der Waals surface area contributed by atoms with E-state index in [-0.39, 0.29) is 11.9 Å². The summed E-state index contributed by atoms with van der Waals surface area (Å²) in [6.45, 7) is 8.35. The number of alkyl halides is 3. The summed E-state index contributed by atoms with van der Waals surface area (Å²) in [5, 5.41) is 10.3. The zero-order valence-electron chi connectivity index (χ0n) is 15.9. The number of piperidine rings is 1. The van der Waals surface area contributed by atoms with Crippen molar-refractivity contribution in [1.82, 2.24) is 4.90 Å². The van der Waals surface area contributed by atoms with Gasteiger partial charge in [0.05, 0.1) is 6.04 Å². The van der Waals surface area contributed by atoms with Gasteiger partial charge >= 0.3 is 12.1 Å². The second-order valence-electron chi connectivity index (χ2n) is 6.61. The summed E-state index contributed by atoms with van der Waals surface area (Å²) in [6, 6.07) is 6.17. The van der Waals surface area contributed by atoms with E-state index >= 15 is 0 Å². The topological polar surface area (TPSA) is 69.6 Å². The van der Waals surface area contributed by atoms with E-state index < -0.39 is 12.1 Å². The number of halogens is 3. The minimum Gasteiger partial charge on any atom is -0.475 e. The minimum absolute atomic E-state index is 0.0442. The van der Waals surface area contributed by atoms with E-state index in [2.05, 4.69) is 17.1 Å². The second kappa shape index (κ2) is 10.3. The number of anilines is 1. The third kappa shape index (κ3) is 7.21. The average molecular weight is 388 g/mol. The van der Waals surface area contributed by atoms with E-state index in [1.807, 2.05) is 32.0 Å². The second-order valence-corrected chi connectivity index (χ2v) is 6.61. The lowest BCUT2D eigenvalue weighted by atomic mass is 10.0. The molecule has 5 nitrogen and oxygen atoms in total. The van der Waals surface area contributed by atoms with Crippen molar-refractivity contribution >= 4 is 17.6 Å². The zero-order chi connectivity index (χ0) is 20.6. The Balaban J connectivity index is 0.000000445. The minimum atomic E-state index is -5.08. The molecule has 1 aromatic rings.